The molecule has 1 fully saturated rings. The van der Waals surface area contributed by atoms with Gasteiger partial charge in [0.25, 0.3) is 10.0 Å². The van der Waals surface area contributed by atoms with Crippen molar-refractivity contribution in [1.29, 1.82) is 0 Å². The lowest BCUT2D eigenvalue weighted by molar-refractivity contribution is 0.414. The van der Waals surface area contributed by atoms with Gasteiger partial charge in [-0.2, -0.15) is 4.31 Å². The summed E-state index contributed by atoms with van der Waals surface area (Å²) in [6.07, 6.45) is 2.20. The topological polar surface area (TPSA) is 63.4 Å². The second-order valence-electron chi connectivity index (χ2n) is 4.12. The Morgan fingerprint density at radius 2 is 2.22 bits per heavy atom. The van der Waals surface area contributed by atoms with Crippen LogP contribution in [-0.2, 0) is 10.0 Å². The predicted molar refractivity (Wildman–Crippen MR) is 77.6 cm³/mol. The van der Waals surface area contributed by atoms with Gasteiger partial charge in [0.2, 0.25) is 0 Å². The van der Waals surface area contributed by atoms with E-state index in [9.17, 15) is 8.42 Å². The number of hydrogen-bond acceptors (Lipinski definition) is 4. The molecule has 0 spiro atoms. The van der Waals surface area contributed by atoms with Crippen LogP contribution in [0.2, 0.25) is 4.34 Å². The second-order valence-corrected chi connectivity index (χ2v) is 8.48. The average molecular weight is 325 g/mol. The lowest BCUT2D eigenvalue weighted by Gasteiger charge is -2.20. The van der Waals surface area contributed by atoms with Gasteiger partial charge in [-0.05, 0) is 25.0 Å². The molecule has 1 heterocycles. The van der Waals surface area contributed by atoms with Crippen LogP contribution < -0.4 is 5.73 Å². The average Bonchev–Trinajstić information content (AvgIpc) is 2.99. The minimum absolute atomic E-state index is 0.0882. The Balaban J connectivity index is 2.21. The molecule has 100 valence electrons. The summed E-state index contributed by atoms with van der Waals surface area (Å²) in [7, 11) is -3.46. The third-order valence-corrected chi connectivity index (χ3v) is 6.50. The fraction of sp³-hybridized carbons (Fsp3) is 0.500. The molecule has 1 aliphatic rings. The Hall–Kier alpha value is -0.210. The highest BCUT2D eigenvalue weighted by Gasteiger charge is 2.38. The lowest BCUT2D eigenvalue weighted by Crippen LogP contribution is -2.35. The zero-order chi connectivity index (χ0) is 13.3. The van der Waals surface area contributed by atoms with E-state index in [1.54, 1.807) is 12.1 Å². The molecule has 0 saturated heterocycles. The molecule has 0 amide bonds. The van der Waals surface area contributed by atoms with E-state index in [2.05, 4.69) is 0 Å². The van der Waals surface area contributed by atoms with Crippen LogP contribution in [0.4, 0.5) is 0 Å². The van der Waals surface area contributed by atoms with Gasteiger partial charge in [-0.25, -0.2) is 8.42 Å². The summed E-state index contributed by atoms with van der Waals surface area (Å²) in [5.41, 5.74) is 5.44. The molecule has 2 N–H and O–H groups in total. The Bertz CT molecular complexity index is 551. The molecule has 0 atom stereocenters. The molecule has 1 aromatic rings. The predicted octanol–water partition coefficient (Wildman–Crippen LogP) is 2.23. The minimum atomic E-state index is -3.46. The molecule has 1 aromatic heterocycles. The SMILES string of the molecule is NC(=S)CCN(C1CC1)S(=O)(=O)c1ccc(Cl)s1. The van der Waals surface area contributed by atoms with Crippen LogP contribution in [0.1, 0.15) is 19.3 Å². The van der Waals surface area contributed by atoms with Crippen molar-refractivity contribution in [2.24, 2.45) is 5.73 Å². The third-order valence-electron chi connectivity index (χ3n) is 2.64. The molecule has 1 aliphatic carbocycles. The number of rotatable bonds is 6. The van der Waals surface area contributed by atoms with Crippen molar-refractivity contribution in [3.8, 4) is 0 Å². The second kappa shape index (κ2) is 5.42. The molecule has 0 aromatic carbocycles. The Morgan fingerprint density at radius 1 is 1.56 bits per heavy atom. The summed E-state index contributed by atoms with van der Waals surface area (Å²) in [5.74, 6) is 0. The maximum absolute atomic E-state index is 12.4. The van der Waals surface area contributed by atoms with Crippen molar-refractivity contribution < 1.29 is 8.42 Å². The van der Waals surface area contributed by atoms with Crippen molar-refractivity contribution in [2.75, 3.05) is 6.54 Å². The molecule has 1 saturated carbocycles. The van der Waals surface area contributed by atoms with Crippen molar-refractivity contribution >= 4 is 50.2 Å². The van der Waals surface area contributed by atoms with Crippen LogP contribution in [0.5, 0.6) is 0 Å². The molecule has 4 nitrogen and oxygen atoms in total. The van der Waals surface area contributed by atoms with Gasteiger partial charge in [0, 0.05) is 19.0 Å². The van der Waals surface area contributed by atoms with Gasteiger partial charge in [-0.15, -0.1) is 11.3 Å². The zero-order valence-electron chi connectivity index (χ0n) is 9.50. The van der Waals surface area contributed by atoms with Crippen LogP contribution >= 0.6 is 35.2 Å². The summed E-state index contributed by atoms with van der Waals surface area (Å²) in [5, 5.41) is 0. The number of halogens is 1. The van der Waals surface area contributed by atoms with Gasteiger partial charge in [0.05, 0.1) is 9.32 Å². The van der Waals surface area contributed by atoms with Crippen molar-refractivity contribution in [3.63, 3.8) is 0 Å². The largest absolute Gasteiger partial charge is 0.393 e. The molecular weight excluding hydrogens is 312 g/mol. The Labute approximate surface area is 121 Å². The maximum Gasteiger partial charge on any atom is 0.252 e. The zero-order valence-corrected chi connectivity index (χ0v) is 12.7. The third kappa shape index (κ3) is 3.21. The van der Waals surface area contributed by atoms with E-state index < -0.39 is 10.0 Å². The van der Waals surface area contributed by atoms with E-state index in [1.807, 2.05) is 0 Å². The van der Waals surface area contributed by atoms with Gasteiger partial charge in [-0.1, -0.05) is 23.8 Å². The number of nitrogens with two attached hydrogens (primary N) is 1. The van der Waals surface area contributed by atoms with E-state index in [0.29, 0.717) is 22.3 Å². The first-order valence-electron chi connectivity index (χ1n) is 5.47. The van der Waals surface area contributed by atoms with Crippen LogP contribution in [0.3, 0.4) is 0 Å². The van der Waals surface area contributed by atoms with Gasteiger partial charge < -0.3 is 5.73 Å². The van der Waals surface area contributed by atoms with E-state index >= 15 is 0 Å². The lowest BCUT2D eigenvalue weighted by atomic mass is 10.4. The number of nitrogens with zero attached hydrogens (tertiary/aromatic N) is 1. The number of thiophene rings is 1. The molecule has 18 heavy (non-hydrogen) atoms. The van der Waals surface area contributed by atoms with E-state index in [0.717, 1.165) is 24.2 Å². The monoisotopic (exact) mass is 324 g/mol. The smallest absolute Gasteiger partial charge is 0.252 e. The molecule has 0 radical (unpaired) electrons. The number of hydrogen-bond donors (Lipinski definition) is 1. The molecule has 2 rings (SSSR count). The summed E-state index contributed by atoms with van der Waals surface area (Å²) < 4.78 is 27.1. The van der Waals surface area contributed by atoms with Gasteiger partial charge >= 0.3 is 0 Å². The summed E-state index contributed by atoms with van der Waals surface area (Å²) in [6.45, 7) is 0.345. The van der Waals surface area contributed by atoms with Gasteiger partial charge in [0.1, 0.15) is 4.21 Å². The van der Waals surface area contributed by atoms with Crippen molar-refractivity contribution in [2.45, 2.75) is 29.5 Å². The number of sulfonamides is 1. The summed E-state index contributed by atoms with van der Waals surface area (Å²) >= 11 is 11.7. The molecular formula is C10H13ClN2O2S3. The Morgan fingerprint density at radius 3 is 2.67 bits per heavy atom. The molecule has 0 bridgehead atoms. The van der Waals surface area contributed by atoms with E-state index in [4.69, 9.17) is 29.6 Å². The summed E-state index contributed by atoms with van der Waals surface area (Å²) in [6, 6.07) is 3.22. The molecule has 8 heteroatoms. The van der Waals surface area contributed by atoms with Crippen molar-refractivity contribution in [3.05, 3.63) is 16.5 Å². The minimum Gasteiger partial charge on any atom is -0.393 e. The van der Waals surface area contributed by atoms with E-state index in [1.165, 1.54) is 4.31 Å². The Kier molecular flexibility index (Phi) is 4.28. The van der Waals surface area contributed by atoms with Crippen molar-refractivity contribution in [1.82, 2.24) is 4.31 Å². The van der Waals surface area contributed by atoms with Gasteiger partial charge in [-0.3, -0.25) is 0 Å². The van der Waals surface area contributed by atoms with E-state index in [-0.39, 0.29) is 10.3 Å². The highest BCUT2D eigenvalue weighted by molar-refractivity contribution is 7.91. The first-order valence-corrected chi connectivity index (χ1v) is 8.51. The number of thiocarbonyl (C=S) groups is 1. The van der Waals surface area contributed by atoms with Crippen LogP contribution in [0, 0.1) is 0 Å². The fourth-order valence-electron chi connectivity index (χ4n) is 1.63. The molecule has 0 unspecified atom stereocenters. The first kappa shape index (κ1) is 14.2. The van der Waals surface area contributed by atoms with Gasteiger partial charge in [0.15, 0.2) is 0 Å². The molecule has 0 aliphatic heterocycles. The van der Waals surface area contributed by atoms with Crippen LogP contribution in [0.15, 0.2) is 16.3 Å². The maximum atomic E-state index is 12.4. The fourth-order valence-corrected chi connectivity index (χ4v) is 5.02. The highest BCUT2D eigenvalue weighted by atomic mass is 35.5. The highest BCUT2D eigenvalue weighted by Crippen LogP contribution is 2.35. The van der Waals surface area contributed by atoms with Crippen LogP contribution in [0.25, 0.3) is 0 Å². The van der Waals surface area contributed by atoms with Crippen LogP contribution in [-0.4, -0.2) is 30.3 Å². The quantitative estimate of drug-likeness (QED) is 0.815. The standard InChI is InChI=1S/C10H13ClN2O2S3/c11-8-3-4-10(17-8)18(14,15)13(7-1-2-7)6-5-9(12)16/h3-4,7H,1-2,5-6H2,(H2,12,16). The normalized spacial score (nSPS) is 16.1. The first-order chi connectivity index (χ1) is 8.41. The summed E-state index contributed by atoms with van der Waals surface area (Å²) in [4.78, 5) is 0.333.